The predicted octanol–water partition coefficient (Wildman–Crippen LogP) is 5.91. The molecule has 4 aromatic rings. The SMILES string of the molecule is COc1ccccc1N(C(C)=O)c1nc(COc2ccc([N+](=O)[O-])cc2Cc2ccccc2)cs1. The van der Waals surface area contributed by atoms with Crippen molar-refractivity contribution >= 4 is 33.8 Å². The Kier molecular flexibility index (Phi) is 7.37. The number of para-hydroxylation sites is 2. The van der Waals surface area contributed by atoms with E-state index >= 15 is 0 Å². The summed E-state index contributed by atoms with van der Waals surface area (Å²) in [6, 6.07) is 21.5. The van der Waals surface area contributed by atoms with E-state index in [1.807, 2.05) is 47.8 Å². The van der Waals surface area contributed by atoms with E-state index in [0.29, 0.717) is 40.0 Å². The molecule has 0 radical (unpaired) electrons. The molecule has 3 aromatic carbocycles. The number of benzene rings is 3. The molecule has 178 valence electrons. The van der Waals surface area contributed by atoms with Crippen molar-refractivity contribution in [3.63, 3.8) is 0 Å². The first-order valence-corrected chi connectivity index (χ1v) is 11.7. The van der Waals surface area contributed by atoms with E-state index in [1.165, 1.54) is 35.3 Å². The maximum Gasteiger partial charge on any atom is 0.269 e. The number of anilines is 2. The Hall–Kier alpha value is -4.24. The lowest BCUT2D eigenvalue weighted by molar-refractivity contribution is -0.384. The van der Waals surface area contributed by atoms with E-state index in [1.54, 1.807) is 25.3 Å². The number of rotatable bonds is 9. The minimum atomic E-state index is -0.417. The van der Waals surface area contributed by atoms with Gasteiger partial charge in [0.1, 0.15) is 18.1 Å². The lowest BCUT2D eigenvalue weighted by atomic mass is 10.0. The van der Waals surface area contributed by atoms with Gasteiger partial charge in [-0.3, -0.25) is 19.8 Å². The number of nitro benzene ring substituents is 1. The van der Waals surface area contributed by atoms with Gasteiger partial charge < -0.3 is 9.47 Å². The Labute approximate surface area is 206 Å². The van der Waals surface area contributed by atoms with Gasteiger partial charge in [-0.2, -0.15) is 0 Å². The van der Waals surface area contributed by atoms with E-state index in [4.69, 9.17) is 9.47 Å². The van der Waals surface area contributed by atoms with Crippen LogP contribution in [0.4, 0.5) is 16.5 Å². The Bertz CT molecular complexity index is 1340. The third-order valence-electron chi connectivity index (χ3n) is 5.24. The summed E-state index contributed by atoms with van der Waals surface area (Å²) in [5, 5.41) is 13.6. The molecule has 0 atom stereocenters. The fraction of sp³-hybridized carbons (Fsp3) is 0.154. The molecule has 0 aliphatic heterocycles. The van der Waals surface area contributed by atoms with Crippen LogP contribution in [0.3, 0.4) is 0 Å². The number of non-ortho nitro benzene ring substituents is 1. The first-order valence-electron chi connectivity index (χ1n) is 10.8. The molecule has 0 spiro atoms. The van der Waals surface area contributed by atoms with Gasteiger partial charge in [0.05, 0.1) is 23.4 Å². The summed E-state index contributed by atoms with van der Waals surface area (Å²) >= 11 is 1.32. The second kappa shape index (κ2) is 10.8. The monoisotopic (exact) mass is 489 g/mol. The van der Waals surface area contributed by atoms with E-state index in [-0.39, 0.29) is 18.2 Å². The van der Waals surface area contributed by atoms with E-state index in [9.17, 15) is 14.9 Å². The first kappa shape index (κ1) is 23.9. The number of nitro groups is 1. The highest BCUT2D eigenvalue weighted by molar-refractivity contribution is 7.14. The summed E-state index contributed by atoms with van der Waals surface area (Å²) in [5.74, 6) is 0.908. The van der Waals surface area contributed by atoms with E-state index in [2.05, 4.69) is 4.98 Å². The Balaban J connectivity index is 1.56. The van der Waals surface area contributed by atoms with Crippen molar-refractivity contribution in [1.29, 1.82) is 0 Å². The molecule has 8 nitrogen and oxygen atoms in total. The van der Waals surface area contributed by atoms with E-state index < -0.39 is 4.92 Å². The number of hydrogen-bond acceptors (Lipinski definition) is 7. The highest BCUT2D eigenvalue weighted by atomic mass is 32.1. The number of carbonyl (C=O) groups excluding carboxylic acids is 1. The summed E-state index contributed by atoms with van der Waals surface area (Å²) < 4.78 is 11.4. The molecule has 0 saturated carbocycles. The summed E-state index contributed by atoms with van der Waals surface area (Å²) in [7, 11) is 1.55. The van der Waals surface area contributed by atoms with Crippen LogP contribution in [0.2, 0.25) is 0 Å². The molecule has 0 fully saturated rings. The average molecular weight is 490 g/mol. The molecule has 1 amide bonds. The smallest absolute Gasteiger partial charge is 0.269 e. The summed E-state index contributed by atoms with van der Waals surface area (Å²) in [6.45, 7) is 1.62. The Morgan fingerprint density at radius 1 is 1.06 bits per heavy atom. The average Bonchev–Trinajstić information content (AvgIpc) is 3.32. The molecular weight excluding hydrogens is 466 g/mol. The van der Waals surface area contributed by atoms with Crippen LogP contribution in [0.15, 0.2) is 78.2 Å². The van der Waals surface area contributed by atoms with Gasteiger partial charge >= 0.3 is 0 Å². The minimum absolute atomic E-state index is 0.00753. The lowest BCUT2D eigenvalue weighted by Crippen LogP contribution is -2.23. The fourth-order valence-electron chi connectivity index (χ4n) is 3.61. The maximum absolute atomic E-state index is 12.5. The third kappa shape index (κ3) is 5.64. The van der Waals surface area contributed by atoms with Gasteiger partial charge in [0.15, 0.2) is 5.13 Å². The number of methoxy groups -OCH3 is 1. The fourth-order valence-corrected chi connectivity index (χ4v) is 4.48. The first-order chi connectivity index (χ1) is 17.0. The van der Waals surface area contributed by atoms with Gasteiger partial charge in [-0.05, 0) is 23.8 Å². The van der Waals surface area contributed by atoms with Gasteiger partial charge in [0.25, 0.3) is 5.69 Å². The molecule has 1 aromatic heterocycles. The van der Waals surface area contributed by atoms with Gasteiger partial charge in [0.2, 0.25) is 5.91 Å². The van der Waals surface area contributed by atoms with Crippen molar-refractivity contribution in [2.45, 2.75) is 20.0 Å². The van der Waals surface area contributed by atoms with Crippen LogP contribution in [0.1, 0.15) is 23.7 Å². The van der Waals surface area contributed by atoms with Crippen molar-refractivity contribution in [3.05, 3.63) is 105 Å². The molecule has 4 rings (SSSR count). The van der Waals surface area contributed by atoms with Crippen LogP contribution in [0.25, 0.3) is 0 Å². The van der Waals surface area contributed by atoms with Crippen LogP contribution in [0, 0.1) is 10.1 Å². The zero-order chi connectivity index (χ0) is 24.8. The molecule has 1 heterocycles. The molecule has 9 heteroatoms. The lowest BCUT2D eigenvalue weighted by Gasteiger charge is -2.20. The summed E-state index contributed by atoms with van der Waals surface area (Å²) in [5.41, 5.74) is 2.97. The highest BCUT2D eigenvalue weighted by Crippen LogP contribution is 2.35. The number of carbonyl (C=O) groups is 1. The Morgan fingerprint density at radius 2 is 1.80 bits per heavy atom. The number of thiazole rings is 1. The van der Waals surface area contributed by atoms with Gasteiger partial charge in [-0.25, -0.2) is 4.98 Å². The van der Waals surface area contributed by atoms with Crippen LogP contribution in [-0.2, 0) is 17.8 Å². The zero-order valence-corrected chi connectivity index (χ0v) is 20.0. The maximum atomic E-state index is 12.5. The van der Waals surface area contributed by atoms with Crippen LogP contribution < -0.4 is 14.4 Å². The number of ether oxygens (including phenoxy) is 2. The molecule has 0 aliphatic rings. The quantitative estimate of drug-likeness (QED) is 0.214. The van der Waals surface area contributed by atoms with Gasteiger partial charge in [0, 0.05) is 36.4 Å². The minimum Gasteiger partial charge on any atom is -0.495 e. The van der Waals surface area contributed by atoms with Gasteiger partial charge in [-0.15, -0.1) is 11.3 Å². The van der Waals surface area contributed by atoms with E-state index in [0.717, 1.165) is 5.56 Å². The molecule has 0 bridgehead atoms. The highest BCUT2D eigenvalue weighted by Gasteiger charge is 2.21. The van der Waals surface area contributed by atoms with Crippen LogP contribution in [0.5, 0.6) is 11.5 Å². The molecule has 0 N–H and O–H groups in total. The topological polar surface area (TPSA) is 94.8 Å². The summed E-state index contributed by atoms with van der Waals surface area (Å²) in [6.07, 6.45) is 0.492. The van der Waals surface area contributed by atoms with Crippen LogP contribution >= 0.6 is 11.3 Å². The standard InChI is InChI=1S/C26H23N3O5S/c1-18(30)28(23-10-6-7-11-25(23)33-2)26-27-21(17-35-26)16-34-24-13-12-22(29(31)32)15-20(24)14-19-8-4-3-5-9-19/h3-13,15,17H,14,16H2,1-2H3. The number of hydrogen-bond donors (Lipinski definition) is 0. The van der Waals surface area contributed by atoms with Crippen LogP contribution in [-0.4, -0.2) is 22.9 Å². The van der Waals surface area contributed by atoms with Crippen molar-refractivity contribution in [3.8, 4) is 11.5 Å². The van der Waals surface area contributed by atoms with Crippen molar-refractivity contribution < 1.29 is 19.2 Å². The number of aromatic nitrogens is 1. The Morgan fingerprint density at radius 3 is 2.51 bits per heavy atom. The second-order valence-electron chi connectivity index (χ2n) is 7.65. The zero-order valence-electron chi connectivity index (χ0n) is 19.2. The second-order valence-corrected chi connectivity index (χ2v) is 8.48. The molecule has 0 unspecified atom stereocenters. The third-order valence-corrected chi connectivity index (χ3v) is 6.11. The largest absolute Gasteiger partial charge is 0.495 e. The normalized spacial score (nSPS) is 10.6. The molecule has 0 aliphatic carbocycles. The number of nitrogens with zero attached hydrogens (tertiary/aromatic N) is 3. The van der Waals surface area contributed by atoms with Crippen molar-refractivity contribution in [1.82, 2.24) is 4.98 Å². The number of amides is 1. The van der Waals surface area contributed by atoms with Crippen molar-refractivity contribution in [2.75, 3.05) is 12.0 Å². The molecule has 0 saturated heterocycles. The molecular formula is C26H23N3O5S. The summed E-state index contributed by atoms with van der Waals surface area (Å²) in [4.78, 5) is 29.4. The predicted molar refractivity (Wildman–Crippen MR) is 135 cm³/mol. The van der Waals surface area contributed by atoms with Crippen molar-refractivity contribution in [2.24, 2.45) is 0 Å². The van der Waals surface area contributed by atoms with Gasteiger partial charge in [-0.1, -0.05) is 42.5 Å². The molecule has 35 heavy (non-hydrogen) atoms.